The lowest BCUT2D eigenvalue weighted by Crippen LogP contribution is -2.25. The minimum atomic E-state index is -0.188. The average molecular weight is 369 g/mol. The molecule has 1 saturated carbocycles. The van der Waals surface area contributed by atoms with E-state index in [1.165, 1.54) is 0 Å². The van der Waals surface area contributed by atoms with Gasteiger partial charge in [0.25, 0.3) is 5.91 Å². The van der Waals surface area contributed by atoms with Crippen molar-refractivity contribution in [1.82, 2.24) is 20.1 Å². The molecule has 1 aliphatic carbocycles. The van der Waals surface area contributed by atoms with Crippen molar-refractivity contribution < 1.29 is 4.79 Å². The van der Waals surface area contributed by atoms with Gasteiger partial charge in [0.05, 0.1) is 28.7 Å². The summed E-state index contributed by atoms with van der Waals surface area (Å²) in [7, 11) is 0. The van der Waals surface area contributed by atoms with Gasteiger partial charge in [0, 0.05) is 16.5 Å². The van der Waals surface area contributed by atoms with Crippen molar-refractivity contribution in [2.24, 2.45) is 0 Å². The highest BCUT2D eigenvalue weighted by Crippen LogP contribution is 2.41. The average Bonchev–Trinajstić information content (AvgIpc) is 3.20. The van der Waals surface area contributed by atoms with Crippen LogP contribution in [0.3, 0.4) is 0 Å². The summed E-state index contributed by atoms with van der Waals surface area (Å²) >= 11 is 1.65. The Kier molecular flexibility index (Phi) is 4.10. The number of hydrogen-bond acceptors (Lipinski definition) is 4. The molecule has 0 bridgehead atoms. The van der Waals surface area contributed by atoms with Crippen LogP contribution < -0.4 is 5.32 Å². The highest BCUT2D eigenvalue weighted by atomic mass is 32.1. The third-order valence-electron chi connectivity index (χ3n) is 4.71. The highest BCUT2D eigenvalue weighted by Gasteiger charge is 2.30. The Balaban J connectivity index is 1.79. The lowest BCUT2D eigenvalue weighted by molar-refractivity contribution is 0.0952. The third kappa shape index (κ3) is 3.14. The van der Waals surface area contributed by atoms with Crippen molar-refractivity contribution in [2.45, 2.75) is 58.5 Å². The van der Waals surface area contributed by atoms with Crippen molar-refractivity contribution in [2.75, 3.05) is 0 Å². The number of rotatable bonds is 4. The Hall–Kier alpha value is -2.21. The van der Waals surface area contributed by atoms with E-state index in [4.69, 9.17) is 10.1 Å². The largest absolute Gasteiger partial charge is 0.347 e. The summed E-state index contributed by atoms with van der Waals surface area (Å²) in [4.78, 5) is 19.0. The van der Waals surface area contributed by atoms with Gasteiger partial charge >= 0.3 is 0 Å². The molecular formula is C20H24N4OS. The fourth-order valence-electron chi connectivity index (χ4n) is 3.22. The fourth-order valence-corrected chi connectivity index (χ4v) is 3.86. The maximum Gasteiger partial charge on any atom is 0.252 e. The number of hydrogen-bond donors (Lipinski definition) is 1. The van der Waals surface area contributed by atoms with Crippen molar-refractivity contribution in [3.8, 4) is 0 Å². The van der Waals surface area contributed by atoms with Crippen molar-refractivity contribution in [3.05, 3.63) is 45.4 Å². The molecule has 0 radical (unpaired) electrons. The first kappa shape index (κ1) is 17.2. The zero-order chi connectivity index (χ0) is 18.5. The molecule has 1 amide bonds. The number of amides is 1. The quantitative estimate of drug-likeness (QED) is 0.744. The molecule has 3 aromatic rings. The lowest BCUT2D eigenvalue weighted by Gasteiger charge is -2.20. The Bertz CT molecular complexity index is 962. The van der Waals surface area contributed by atoms with E-state index in [1.54, 1.807) is 11.3 Å². The Labute approximate surface area is 157 Å². The van der Waals surface area contributed by atoms with Gasteiger partial charge in [0.1, 0.15) is 0 Å². The molecule has 0 spiro atoms. The van der Waals surface area contributed by atoms with Crippen LogP contribution in [-0.2, 0) is 12.1 Å². The number of pyridine rings is 1. The first-order valence-electron chi connectivity index (χ1n) is 9.06. The molecule has 0 aromatic carbocycles. The standard InChI is InChI=1S/C20H24N4OS/c1-12-17-15(19(25)21-11-14-6-5-9-26-14)10-16(13-7-8-13)22-18(17)24(23-12)20(2,3)4/h5-6,9-10,13H,7-8,11H2,1-4H3,(H,21,25). The number of thiophene rings is 1. The van der Waals surface area contributed by atoms with E-state index in [2.05, 4.69) is 26.1 Å². The fraction of sp³-hybridized carbons (Fsp3) is 0.450. The zero-order valence-electron chi connectivity index (χ0n) is 15.7. The number of fused-ring (bicyclic) bond motifs is 1. The molecule has 26 heavy (non-hydrogen) atoms. The first-order valence-corrected chi connectivity index (χ1v) is 9.94. The normalized spacial score (nSPS) is 14.8. The van der Waals surface area contributed by atoms with Gasteiger partial charge in [-0.1, -0.05) is 6.07 Å². The Morgan fingerprint density at radius 2 is 2.15 bits per heavy atom. The number of carbonyl (C=O) groups excluding carboxylic acids is 1. The van der Waals surface area contributed by atoms with E-state index in [0.29, 0.717) is 18.0 Å². The summed E-state index contributed by atoms with van der Waals surface area (Å²) < 4.78 is 1.96. The summed E-state index contributed by atoms with van der Waals surface area (Å²) in [5.74, 6) is 0.427. The van der Waals surface area contributed by atoms with Crippen molar-refractivity contribution >= 4 is 28.3 Å². The van der Waals surface area contributed by atoms with Gasteiger partial charge in [-0.15, -0.1) is 11.3 Å². The number of nitrogens with one attached hydrogen (secondary N) is 1. The molecule has 0 aliphatic heterocycles. The van der Waals surface area contributed by atoms with Gasteiger partial charge in [-0.05, 0) is 58.0 Å². The van der Waals surface area contributed by atoms with E-state index in [9.17, 15) is 4.79 Å². The summed E-state index contributed by atoms with van der Waals surface area (Å²) in [6, 6.07) is 6.01. The minimum Gasteiger partial charge on any atom is -0.347 e. The third-order valence-corrected chi connectivity index (χ3v) is 5.59. The smallest absolute Gasteiger partial charge is 0.252 e. The molecule has 0 unspecified atom stereocenters. The molecule has 1 aliphatic rings. The van der Waals surface area contributed by atoms with Crippen LogP contribution in [0, 0.1) is 6.92 Å². The van der Waals surface area contributed by atoms with Crippen LogP contribution in [0.15, 0.2) is 23.6 Å². The molecule has 1 fully saturated rings. The van der Waals surface area contributed by atoms with Crippen LogP contribution in [0.5, 0.6) is 0 Å². The van der Waals surface area contributed by atoms with E-state index < -0.39 is 0 Å². The van der Waals surface area contributed by atoms with Crippen molar-refractivity contribution in [1.29, 1.82) is 0 Å². The van der Waals surface area contributed by atoms with E-state index >= 15 is 0 Å². The zero-order valence-corrected chi connectivity index (χ0v) is 16.5. The van der Waals surface area contributed by atoms with E-state index in [1.807, 2.05) is 35.2 Å². The Morgan fingerprint density at radius 3 is 2.77 bits per heavy atom. The van der Waals surface area contributed by atoms with Gasteiger partial charge in [-0.3, -0.25) is 4.79 Å². The van der Waals surface area contributed by atoms with Crippen LogP contribution in [0.25, 0.3) is 11.0 Å². The highest BCUT2D eigenvalue weighted by molar-refractivity contribution is 7.09. The van der Waals surface area contributed by atoms with Gasteiger partial charge in [-0.2, -0.15) is 5.10 Å². The van der Waals surface area contributed by atoms with Crippen LogP contribution >= 0.6 is 11.3 Å². The molecule has 3 aromatic heterocycles. The maximum atomic E-state index is 13.0. The molecular weight excluding hydrogens is 344 g/mol. The number of nitrogens with zero attached hydrogens (tertiary/aromatic N) is 3. The number of aromatic nitrogens is 3. The number of carbonyl (C=O) groups is 1. The molecule has 0 saturated heterocycles. The van der Waals surface area contributed by atoms with Gasteiger partial charge in [0.2, 0.25) is 0 Å². The monoisotopic (exact) mass is 368 g/mol. The predicted molar refractivity (Wildman–Crippen MR) is 105 cm³/mol. The second kappa shape index (κ2) is 6.20. The predicted octanol–water partition coefficient (Wildman–Crippen LogP) is 4.36. The summed E-state index contributed by atoms with van der Waals surface area (Å²) in [5, 5.41) is 10.7. The molecule has 4 rings (SSSR count). The molecule has 0 atom stereocenters. The van der Waals surface area contributed by atoms with Crippen LogP contribution in [0.2, 0.25) is 0 Å². The Morgan fingerprint density at radius 1 is 1.38 bits per heavy atom. The van der Waals surface area contributed by atoms with Crippen LogP contribution in [-0.4, -0.2) is 20.7 Å². The second-order valence-electron chi connectivity index (χ2n) is 8.00. The lowest BCUT2D eigenvalue weighted by atomic mass is 10.1. The second-order valence-corrected chi connectivity index (χ2v) is 9.03. The number of aryl methyl sites for hydroxylation is 1. The summed E-state index contributed by atoms with van der Waals surface area (Å²) in [6.45, 7) is 8.84. The van der Waals surface area contributed by atoms with Gasteiger partial charge in [0.15, 0.2) is 5.65 Å². The van der Waals surface area contributed by atoms with Crippen LogP contribution in [0.1, 0.15) is 66.2 Å². The van der Waals surface area contributed by atoms with Crippen LogP contribution in [0.4, 0.5) is 0 Å². The summed E-state index contributed by atoms with van der Waals surface area (Å²) in [5.41, 5.74) is 3.20. The summed E-state index contributed by atoms with van der Waals surface area (Å²) in [6.07, 6.45) is 2.30. The molecule has 1 N–H and O–H groups in total. The maximum absolute atomic E-state index is 13.0. The molecule has 6 heteroatoms. The molecule has 5 nitrogen and oxygen atoms in total. The molecule has 136 valence electrons. The topological polar surface area (TPSA) is 59.8 Å². The molecule has 3 heterocycles. The first-order chi connectivity index (χ1) is 12.3. The minimum absolute atomic E-state index is 0.0516. The van der Waals surface area contributed by atoms with Gasteiger partial charge < -0.3 is 5.32 Å². The van der Waals surface area contributed by atoms with E-state index in [-0.39, 0.29) is 11.4 Å². The van der Waals surface area contributed by atoms with Gasteiger partial charge in [-0.25, -0.2) is 9.67 Å². The SMILES string of the molecule is Cc1nn(C(C)(C)C)c2nc(C3CC3)cc(C(=O)NCc3cccs3)c12. The van der Waals surface area contributed by atoms with E-state index in [0.717, 1.165) is 40.1 Å². The van der Waals surface area contributed by atoms with Crippen molar-refractivity contribution in [3.63, 3.8) is 0 Å².